The van der Waals surface area contributed by atoms with E-state index in [-0.39, 0.29) is 33.3 Å². The molecule has 0 aliphatic heterocycles. The fraction of sp³-hybridized carbons (Fsp3) is 0.292. The molecule has 6 nitrogen and oxygen atoms in total. The lowest BCUT2D eigenvalue weighted by molar-refractivity contribution is -0.137. The number of halogens is 4. The molecule has 2 aromatic carbocycles. The summed E-state index contributed by atoms with van der Waals surface area (Å²) in [6.07, 6.45) is -4.52. The Balaban J connectivity index is 2.10. The van der Waals surface area contributed by atoms with Crippen LogP contribution in [0.4, 0.5) is 18.9 Å². The Kier molecular flexibility index (Phi) is 7.40. The van der Waals surface area contributed by atoms with E-state index in [2.05, 4.69) is 5.32 Å². The highest BCUT2D eigenvalue weighted by molar-refractivity contribution is 7.90. The summed E-state index contributed by atoms with van der Waals surface area (Å²) in [5.41, 5.74) is 0.206. The van der Waals surface area contributed by atoms with Crippen LogP contribution in [0, 0.1) is 13.8 Å². The molecule has 0 radical (unpaired) electrons. The zero-order valence-corrected chi connectivity index (χ0v) is 20.9. The van der Waals surface area contributed by atoms with Crippen LogP contribution in [0.15, 0.2) is 47.4 Å². The van der Waals surface area contributed by atoms with Crippen molar-refractivity contribution in [2.24, 2.45) is 0 Å². The molecule has 0 saturated heterocycles. The van der Waals surface area contributed by atoms with Crippen molar-refractivity contribution in [3.05, 3.63) is 75.6 Å². The molecule has 2 N–H and O–H groups in total. The number of aromatic nitrogens is 1. The summed E-state index contributed by atoms with van der Waals surface area (Å²) >= 11 is 5.82. The van der Waals surface area contributed by atoms with Crippen LogP contribution in [-0.2, 0) is 22.4 Å². The molecule has 1 unspecified atom stereocenters. The number of amides is 1. The van der Waals surface area contributed by atoms with Crippen LogP contribution in [0.25, 0.3) is 5.69 Å². The molecule has 35 heavy (non-hydrogen) atoms. The first kappa shape index (κ1) is 26.8. The van der Waals surface area contributed by atoms with Crippen LogP contribution in [0.2, 0.25) is 5.02 Å². The minimum Gasteiger partial charge on any atom is -0.393 e. The van der Waals surface area contributed by atoms with Crippen LogP contribution >= 0.6 is 11.6 Å². The van der Waals surface area contributed by atoms with E-state index < -0.39 is 33.6 Å². The molecule has 0 aliphatic rings. The average molecular weight is 529 g/mol. The number of hydrogen-bond acceptors (Lipinski definition) is 4. The van der Waals surface area contributed by atoms with Gasteiger partial charge in [-0.1, -0.05) is 11.6 Å². The minimum atomic E-state index is -4.71. The molecule has 11 heteroatoms. The largest absolute Gasteiger partial charge is 0.418 e. The third kappa shape index (κ3) is 5.88. The number of rotatable bonds is 6. The molecular weight excluding hydrogens is 505 g/mol. The zero-order valence-electron chi connectivity index (χ0n) is 19.4. The van der Waals surface area contributed by atoms with Gasteiger partial charge >= 0.3 is 6.18 Å². The number of alkyl halides is 3. The van der Waals surface area contributed by atoms with Gasteiger partial charge in [0.1, 0.15) is 0 Å². The van der Waals surface area contributed by atoms with Gasteiger partial charge in [-0.15, -0.1) is 0 Å². The number of benzene rings is 2. The van der Waals surface area contributed by atoms with Crippen molar-refractivity contribution in [1.82, 2.24) is 4.57 Å². The fourth-order valence-corrected chi connectivity index (χ4v) is 5.09. The molecule has 0 spiro atoms. The third-order valence-corrected chi connectivity index (χ3v) is 6.90. The average Bonchev–Trinajstić information content (AvgIpc) is 3.01. The van der Waals surface area contributed by atoms with Gasteiger partial charge in [-0.3, -0.25) is 4.79 Å². The van der Waals surface area contributed by atoms with E-state index in [9.17, 15) is 31.5 Å². The van der Waals surface area contributed by atoms with Crippen molar-refractivity contribution in [3.63, 3.8) is 0 Å². The van der Waals surface area contributed by atoms with Gasteiger partial charge in [0.05, 0.1) is 27.8 Å². The number of nitrogens with zero attached hydrogens (tertiary/aromatic N) is 1. The summed E-state index contributed by atoms with van der Waals surface area (Å²) in [7, 11) is -3.44. The Morgan fingerprint density at radius 3 is 2.34 bits per heavy atom. The van der Waals surface area contributed by atoms with Crippen LogP contribution in [0.5, 0.6) is 0 Å². The van der Waals surface area contributed by atoms with Crippen molar-refractivity contribution in [2.45, 2.75) is 44.4 Å². The molecule has 0 fully saturated rings. The van der Waals surface area contributed by atoms with Crippen LogP contribution in [0.1, 0.15) is 39.8 Å². The number of carbonyl (C=O) groups excluding carboxylic acids is 1. The molecule has 1 atom stereocenters. The maximum absolute atomic E-state index is 13.8. The maximum Gasteiger partial charge on any atom is 0.418 e. The first-order chi connectivity index (χ1) is 16.1. The van der Waals surface area contributed by atoms with Gasteiger partial charge in [-0.2, -0.15) is 13.2 Å². The highest BCUT2D eigenvalue weighted by Gasteiger charge is 2.35. The van der Waals surface area contributed by atoms with E-state index in [0.29, 0.717) is 16.9 Å². The van der Waals surface area contributed by atoms with Gasteiger partial charge in [0, 0.05) is 34.8 Å². The third-order valence-electron chi connectivity index (χ3n) is 5.41. The fourth-order valence-electron chi connectivity index (χ4n) is 3.96. The van der Waals surface area contributed by atoms with E-state index in [0.717, 1.165) is 12.3 Å². The van der Waals surface area contributed by atoms with Crippen molar-refractivity contribution in [1.29, 1.82) is 0 Å². The summed E-state index contributed by atoms with van der Waals surface area (Å²) in [5.74, 6) is -0.595. The second-order valence-corrected chi connectivity index (χ2v) is 10.8. The van der Waals surface area contributed by atoms with Crippen LogP contribution in [0.3, 0.4) is 0 Å². The van der Waals surface area contributed by atoms with Gasteiger partial charge in [-0.25, -0.2) is 8.42 Å². The minimum absolute atomic E-state index is 0.00376. The molecule has 0 bridgehead atoms. The number of sulfone groups is 1. The Bertz CT molecular complexity index is 1400. The second kappa shape index (κ2) is 9.67. The highest BCUT2D eigenvalue weighted by Crippen LogP contribution is 2.37. The predicted octanol–water partition coefficient (Wildman–Crippen LogP) is 5.35. The van der Waals surface area contributed by atoms with Gasteiger partial charge in [0.2, 0.25) is 0 Å². The molecule has 3 rings (SSSR count). The van der Waals surface area contributed by atoms with Crippen LogP contribution < -0.4 is 5.32 Å². The van der Waals surface area contributed by atoms with E-state index >= 15 is 0 Å². The summed E-state index contributed by atoms with van der Waals surface area (Å²) < 4.78 is 66.4. The van der Waals surface area contributed by atoms with Gasteiger partial charge in [-0.05, 0) is 68.8 Å². The lowest BCUT2D eigenvalue weighted by atomic mass is 10.1. The highest BCUT2D eigenvalue weighted by atomic mass is 35.5. The number of aliphatic hydroxyl groups excluding tert-OH is 1. The van der Waals surface area contributed by atoms with Gasteiger partial charge in [0.25, 0.3) is 5.91 Å². The molecule has 1 amide bonds. The van der Waals surface area contributed by atoms with Crippen molar-refractivity contribution >= 4 is 33.0 Å². The summed E-state index contributed by atoms with van der Waals surface area (Å²) in [4.78, 5) is 13.2. The molecule has 1 heterocycles. The quantitative estimate of drug-likeness (QED) is 0.452. The Morgan fingerprint density at radius 1 is 1.14 bits per heavy atom. The maximum atomic E-state index is 13.8. The first-order valence-corrected chi connectivity index (χ1v) is 12.7. The molecular formula is C24H24ClF3N2O4S. The molecule has 1 aromatic heterocycles. The van der Waals surface area contributed by atoms with E-state index in [1.165, 1.54) is 54.8 Å². The number of hydrogen-bond donors (Lipinski definition) is 2. The van der Waals surface area contributed by atoms with E-state index in [1.54, 1.807) is 6.92 Å². The van der Waals surface area contributed by atoms with Crippen molar-refractivity contribution in [3.8, 4) is 5.69 Å². The molecule has 188 valence electrons. The van der Waals surface area contributed by atoms with Crippen LogP contribution in [-0.4, -0.2) is 36.4 Å². The van der Waals surface area contributed by atoms with Gasteiger partial charge < -0.3 is 15.0 Å². The Morgan fingerprint density at radius 2 is 1.80 bits per heavy atom. The van der Waals surface area contributed by atoms with Gasteiger partial charge in [0.15, 0.2) is 9.84 Å². The SMILES string of the molecule is Cc1cc(NC(=O)c2cc(CC(C)O)n(-c3ccc(Cl)cc3C(F)(F)F)c2C)ccc1S(C)(=O)=O. The zero-order chi connectivity index (χ0) is 26.3. The summed E-state index contributed by atoms with van der Waals surface area (Å²) in [6, 6.07) is 9.10. The molecule has 3 aromatic rings. The normalized spacial score (nSPS) is 13.1. The Labute approximate surface area is 206 Å². The monoisotopic (exact) mass is 528 g/mol. The second-order valence-electron chi connectivity index (χ2n) is 8.39. The number of aliphatic hydroxyl groups is 1. The number of carbonyl (C=O) groups is 1. The smallest absolute Gasteiger partial charge is 0.393 e. The topological polar surface area (TPSA) is 88.4 Å². The Hall–Kier alpha value is -2.82. The molecule has 0 aliphatic carbocycles. The first-order valence-electron chi connectivity index (χ1n) is 10.5. The number of nitrogens with one attached hydrogen (secondary N) is 1. The van der Waals surface area contributed by atoms with Crippen molar-refractivity contribution in [2.75, 3.05) is 11.6 Å². The number of anilines is 1. The standard InChI is InChI=1S/C24H24ClF3N2O4S/c1-13-9-17(6-8-22(13)35(4,33)34)29-23(32)19-12-18(10-14(2)31)30(15(19)3)21-7-5-16(25)11-20(21)24(26,27)28/h5-9,11-12,14,31H,10H2,1-4H3,(H,29,32). The lowest BCUT2D eigenvalue weighted by Gasteiger charge is -2.19. The van der Waals surface area contributed by atoms with Crippen molar-refractivity contribution < 1.29 is 31.5 Å². The number of aryl methyl sites for hydroxylation is 1. The summed E-state index contributed by atoms with van der Waals surface area (Å²) in [6.45, 7) is 4.59. The van der Waals surface area contributed by atoms with E-state index in [1.807, 2.05) is 0 Å². The predicted molar refractivity (Wildman–Crippen MR) is 128 cm³/mol. The summed E-state index contributed by atoms with van der Waals surface area (Å²) in [5, 5.41) is 12.5. The van der Waals surface area contributed by atoms with E-state index in [4.69, 9.17) is 11.6 Å². The lowest BCUT2D eigenvalue weighted by Crippen LogP contribution is -2.16. The molecule has 0 saturated carbocycles.